The number of hydrogen-bond donors (Lipinski definition) is 0. The standard InChI is InChI=1S/C20H19N3O6S2/c1-28-10-9-22-15-8-7-13(31(2,26)27)11-17(15)30-19(22)21-18(24)12-23-14-5-3-4-6-16(14)29-20(23)25/h3-8,11H,9-10,12H2,1-2H3. The van der Waals surface area contributed by atoms with Crippen LogP contribution in [0.2, 0.25) is 0 Å². The topological polar surface area (TPSA) is 113 Å². The highest BCUT2D eigenvalue weighted by atomic mass is 32.2. The van der Waals surface area contributed by atoms with Crippen molar-refractivity contribution in [2.24, 2.45) is 4.99 Å². The minimum absolute atomic E-state index is 0.189. The van der Waals surface area contributed by atoms with E-state index in [-0.39, 0.29) is 11.4 Å². The highest BCUT2D eigenvalue weighted by molar-refractivity contribution is 7.90. The van der Waals surface area contributed by atoms with Crippen molar-refractivity contribution in [1.82, 2.24) is 9.13 Å². The molecule has 2 heterocycles. The average molecular weight is 462 g/mol. The van der Waals surface area contributed by atoms with Crippen molar-refractivity contribution in [2.45, 2.75) is 18.0 Å². The summed E-state index contributed by atoms with van der Waals surface area (Å²) in [6.45, 7) is 0.533. The minimum Gasteiger partial charge on any atom is -0.408 e. The lowest BCUT2D eigenvalue weighted by molar-refractivity contribution is -0.118. The third kappa shape index (κ3) is 4.24. The number of amides is 1. The van der Waals surface area contributed by atoms with Gasteiger partial charge in [-0.05, 0) is 30.3 Å². The molecule has 0 spiro atoms. The number of rotatable bonds is 6. The van der Waals surface area contributed by atoms with Gasteiger partial charge in [-0.1, -0.05) is 23.5 Å². The van der Waals surface area contributed by atoms with Crippen LogP contribution in [0.4, 0.5) is 0 Å². The van der Waals surface area contributed by atoms with Gasteiger partial charge < -0.3 is 13.7 Å². The summed E-state index contributed by atoms with van der Waals surface area (Å²) in [7, 11) is -1.81. The molecule has 162 valence electrons. The van der Waals surface area contributed by atoms with Gasteiger partial charge in [0.15, 0.2) is 20.2 Å². The highest BCUT2D eigenvalue weighted by Crippen LogP contribution is 2.22. The van der Waals surface area contributed by atoms with E-state index < -0.39 is 21.5 Å². The molecular formula is C20H19N3O6S2. The quantitative estimate of drug-likeness (QED) is 0.433. The Morgan fingerprint density at radius 3 is 2.68 bits per heavy atom. The Morgan fingerprint density at radius 2 is 1.94 bits per heavy atom. The van der Waals surface area contributed by atoms with Gasteiger partial charge in [-0.3, -0.25) is 9.36 Å². The summed E-state index contributed by atoms with van der Waals surface area (Å²) in [4.78, 5) is 29.6. The van der Waals surface area contributed by atoms with Crippen LogP contribution in [-0.4, -0.2) is 43.4 Å². The second-order valence-electron chi connectivity index (χ2n) is 6.86. The average Bonchev–Trinajstić information content (AvgIpc) is 3.22. The summed E-state index contributed by atoms with van der Waals surface area (Å²) < 4.78 is 37.8. The SMILES string of the molecule is COCCn1c(=NC(=O)Cn2c(=O)oc3ccccc32)sc2cc(S(C)(=O)=O)ccc21. The zero-order chi connectivity index (χ0) is 22.2. The van der Waals surface area contributed by atoms with Gasteiger partial charge in [0.05, 0.1) is 27.2 Å². The molecular weight excluding hydrogens is 442 g/mol. The maximum Gasteiger partial charge on any atom is 0.420 e. The Kier molecular flexibility index (Phi) is 5.65. The molecule has 0 saturated carbocycles. The van der Waals surface area contributed by atoms with Crippen molar-refractivity contribution in [3.8, 4) is 0 Å². The van der Waals surface area contributed by atoms with Crippen molar-refractivity contribution < 1.29 is 22.4 Å². The molecule has 0 radical (unpaired) electrons. The summed E-state index contributed by atoms with van der Waals surface area (Å²) >= 11 is 1.20. The fraction of sp³-hybridized carbons (Fsp3) is 0.250. The van der Waals surface area contributed by atoms with E-state index in [1.807, 2.05) is 0 Å². The van der Waals surface area contributed by atoms with Crippen LogP contribution < -0.4 is 10.6 Å². The molecule has 0 aliphatic rings. The number of benzene rings is 2. The number of nitrogens with zero attached hydrogens (tertiary/aromatic N) is 3. The van der Waals surface area contributed by atoms with Gasteiger partial charge in [-0.25, -0.2) is 13.2 Å². The number of hydrogen-bond acceptors (Lipinski definition) is 7. The third-order valence-corrected chi connectivity index (χ3v) is 6.84. The fourth-order valence-electron chi connectivity index (χ4n) is 3.21. The lowest BCUT2D eigenvalue weighted by atomic mass is 10.3. The first-order valence-corrected chi connectivity index (χ1v) is 12.0. The van der Waals surface area contributed by atoms with Crippen LogP contribution in [0.3, 0.4) is 0 Å². The van der Waals surface area contributed by atoms with Crippen LogP contribution in [0, 0.1) is 0 Å². The molecule has 4 aromatic rings. The molecule has 0 aliphatic carbocycles. The molecule has 31 heavy (non-hydrogen) atoms. The first-order valence-electron chi connectivity index (χ1n) is 9.26. The molecule has 0 N–H and O–H groups in total. The normalized spacial score (nSPS) is 12.8. The van der Waals surface area contributed by atoms with Crippen LogP contribution >= 0.6 is 11.3 Å². The van der Waals surface area contributed by atoms with E-state index in [1.165, 1.54) is 22.0 Å². The number of para-hydroxylation sites is 2. The van der Waals surface area contributed by atoms with Gasteiger partial charge in [0.25, 0.3) is 5.91 Å². The second-order valence-corrected chi connectivity index (χ2v) is 9.88. The van der Waals surface area contributed by atoms with Gasteiger partial charge in [0.1, 0.15) is 6.54 Å². The fourth-order valence-corrected chi connectivity index (χ4v) is 5.04. The Balaban J connectivity index is 1.78. The smallest absolute Gasteiger partial charge is 0.408 e. The molecule has 1 amide bonds. The van der Waals surface area contributed by atoms with E-state index in [2.05, 4.69) is 4.99 Å². The number of sulfone groups is 1. The van der Waals surface area contributed by atoms with E-state index in [0.717, 1.165) is 11.8 Å². The molecule has 0 aliphatic heterocycles. The number of carbonyl (C=O) groups excluding carboxylic acids is 1. The Hall–Kier alpha value is -3.02. The third-order valence-electron chi connectivity index (χ3n) is 4.69. The van der Waals surface area contributed by atoms with Gasteiger partial charge in [0, 0.05) is 19.9 Å². The summed E-state index contributed by atoms with van der Waals surface area (Å²) in [6.07, 6.45) is 1.14. The summed E-state index contributed by atoms with van der Waals surface area (Å²) in [6, 6.07) is 11.6. The summed E-state index contributed by atoms with van der Waals surface area (Å²) in [5.74, 6) is -1.17. The van der Waals surface area contributed by atoms with Gasteiger partial charge in [-0.15, -0.1) is 0 Å². The van der Waals surface area contributed by atoms with Crippen LogP contribution in [-0.2, 0) is 32.5 Å². The molecule has 0 atom stereocenters. The maximum atomic E-state index is 12.7. The molecule has 2 aromatic heterocycles. The molecule has 11 heteroatoms. The number of thiazole rings is 1. The molecule has 4 rings (SSSR count). The van der Waals surface area contributed by atoms with Crippen LogP contribution in [0.15, 0.2) is 61.6 Å². The van der Waals surface area contributed by atoms with Crippen molar-refractivity contribution >= 4 is 48.4 Å². The van der Waals surface area contributed by atoms with Crippen LogP contribution in [0.1, 0.15) is 0 Å². The number of methoxy groups -OCH3 is 1. The predicted octanol–water partition coefficient (Wildman–Crippen LogP) is 1.79. The number of carbonyl (C=O) groups is 1. The van der Waals surface area contributed by atoms with E-state index in [1.54, 1.807) is 48.1 Å². The summed E-state index contributed by atoms with van der Waals surface area (Å²) in [5.41, 5.74) is 1.65. The summed E-state index contributed by atoms with van der Waals surface area (Å²) in [5, 5.41) is 0. The maximum absolute atomic E-state index is 12.7. The molecule has 0 fully saturated rings. The van der Waals surface area contributed by atoms with Crippen molar-refractivity contribution in [3.63, 3.8) is 0 Å². The zero-order valence-electron chi connectivity index (χ0n) is 16.8. The minimum atomic E-state index is -3.37. The lowest BCUT2D eigenvalue weighted by Crippen LogP contribution is -2.23. The number of oxazole rings is 1. The van der Waals surface area contributed by atoms with E-state index in [4.69, 9.17) is 9.15 Å². The highest BCUT2D eigenvalue weighted by Gasteiger charge is 2.15. The number of fused-ring (bicyclic) bond motifs is 2. The zero-order valence-corrected chi connectivity index (χ0v) is 18.4. The van der Waals surface area contributed by atoms with E-state index >= 15 is 0 Å². The predicted molar refractivity (Wildman–Crippen MR) is 116 cm³/mol. The van der Waals surface area contributed by atoms with Crippen molar-refractivity contribution in [3.05, 3.63) is 57.8 Å². The molecule has 9 nitrogen and oxygen atoms in total. The number of ether oxygens (including phenoxy) is 1. The molecule has 2 aromatic carbocycles. The van der Waals surface area contributed by atoms with E-state index in [0.29, 0.717) is 33.8 Å². The number of aromatic nitrogens is 2. The van der Waals surface area contributed by atoms with Crippen LogP contribution in [0.25, 0.3) is 21.3 Å². The molecule has 0 bridgehead atoms. The Bertz CT molecular complexity index is 1520. The molecule has 0 unspecified atom stereocenters. The Labute approximate surface area is 180 Å². The monoisotopic (exact) mass is 461 g/mol. The van der Waals surface area contributed by atoms with Gasteiger partial charge >= 0.3 is 5.76 Å². The first kappa shape index (κ1) is 21.2. The second kappa shape index (κ2) is 8.25. The molecule has 0 saturated heterocycles. The van der Waals surface area contributed by atoms with Gasteiger partial charge in [0.2, 0.25) is 0 Å². The van der Waals surface area contributed by atoms with Crippen molar-refractivity contribution in [1.29, 1.82) is 0 Å². The van der Waals surface area contributed by atoms with Gasteiger partial charge in [-0.2, -0.15) is 4.99 Å². The lowest BCUT2D eigenvalue weighted by Gasteiger charge is -2.05. The van der Waals surface area contributed by atoms with E-state index in [9.17, 15) is 18.0 Å². The first-order chi connectivity index (χ1) is 14.8. The Morgan fingerprint density at radius 1 is 1.16 bits per heavy atom. The van der Waals surface area contributed by atoms with Crippen molar-refractivity contribution in [2.75, 3.05) is 20.0 Å². The largest absolute Gasteiger partial charge is 0.420 e. The van der Waals surface area contributed by atoms with Crippen LogP contribution in [0.5, 0.6) is 0 Å².